The number of aromatic nitrogens is 1. The van der Waals surface area contributed by atoms with Crippen LogP contribution in [0.1, 0.15) is 24.3 Å². The van der Waals surface area contributed by atoms with Gasteiger partial charge in [-0.15, -0.1) is 0 Å². The van der Waals surface area contributed by atoms with Gasteiger partial charge < -0.3 is 9.52 Å². The molecule has 2 aromatic rings. The van der Waals surface area contributed by atoms with E-state index in [9.17, 15) is 4.79 Å². The standard InChI is InChI=1S/C12H13NO3/c1-8-4-2-5-9-12(8)13-10(16-9)6-3-7-11(14)15/h2,4-5H,3,6-7H2,1H3,(H,14,15). The summed E-state index contributed by atoms with van der Waals surface area (Å²) in [6.45, 7) is 1.98. The molecular formula is C12H13NO3. The van der Waals surface area contributed by atoms with Crippen molar-refractivity contribution < 1.29 is 14.3 Å². The molecule has 84 valence electrons. The minimum atomic E-state index is -0.785. The third kappa shape index (κ3) is 2.21. The number of aliphatic carboxylic acids is 1. The van der Waals surface area contributed by atoms with Gasteiger partial charge in [0.2, 0.25) is 0 Å². The highest BCUT2D eigenvalue weighted by atomic mass is 16.4. The largest absolute Gasteiger partial charge is 0.481 e. The third-order valence-electron chi connectivity index (χ3n) is 2.45. The minimum Gasteiger partial charge on any atom is -0.481 e. The van der Waals surface area contributed by atoms with Crippen LogP contribution in [0, 0.1) is 6.92 Å². The number of oxazole rings is 1. The number of nitrogens with zero attached hydrogens (tertiary/aromatic N) is 1. The highest BCUT2D eigenvalue weighted by Gasteiger charge is 2.07. The second kappa shape index (κ2) is 4.35. The van der Waals surface area contributed by atoms with Crippen molar-refractivity contribution in [3.63, 3.8) is 0 Å². The maximum Gasteiger partial charge on any atom is 0.303 e. The molecule has 0 atom stereocenters. The van der Waals surface area contributed by atoms with Gasteiger partial charge in [0, 0.05) is 12.8 Å². The van der Waals surface area contributed by atoms with Gasteiger partial charge in [0.05, 0.1) is 0 Å². The number of hydrogen-bond acceptors (Lipinski definition) is 3. The van der Waals surface area contributed by atoms with Gasteiger partial charge in [-0.1, -0.05) is 12.1 Å². The van der Waals surface area contributed by atoms with E-state index in [0.717, 1.165) is 16.7 Å². The summed E-state index contributed by atoms with van der Waals surface area (Å²) in [5, 5.41) is 8.52. The van der Waals surface area contributed by atoms with Crippen LogP contribution >= 0.6 is 0 Å². The Bertz CT molecular complexity index is 516. The summed E-state index contributed by atoms with van der Waals surface area (Å²) in [6, 6.07) is 5.77. The number of carboxylic acid groups (broad SMARTS) is 1. The van der Waals surface area contributed by atoms with E-state index in [2.05, 4.69) is 4.98 Å². The zero-order valence-corrected chi connectivity index (χ0v) is 9.06. The van der Waals surface area contributed by atoms with Gasteiger partial charge in [0.15, 0.2) is 11.5 Å². The molecule has 0 bridgehead atoms. The number of carbonyl (C=O) groups is 1. The first kappa shape index (κ1) is 10.7. The molecule has 0 amide bonds. The molecule has 0 aliphatic heterocycles. The highest BCUT2D eigenvalue weighted by Crippen LogP contribution is 2.19. The first-order valence-electron chi connectivity index (χ1n) is 5.23. The molecule has 0 spiro atoms. The maximum atomic E-state index is 10.4. The average Bonchev–Trinajstić information content (AvgIpc) is 2.61. The topological polar surface area (TPSA) is 63.3 Å². The Kier molecular flexibility index (Phi) is 2.90. The summed E-state index contributed by atoms with van der Waals surface area (Å²) in [7, 11) is 0. The SMILES string of the molecule is Cc1cccc2oc(CCCC(=O)O)nc12. The molecule has 1 aromatic carbocycles. The Morgan fingerprint density at radius 1 is 1.50 bits per heavy atom. The van der Waals surface area contributed by atoms with Crippen molar-refractivity contribution in [1.82, 2.24) is 4.98 Å². The number of carboxylic acids is 1. The summed E-state index contributed by atoms with van der Waals surface area (Å²) in [6.07, 6.45) is 1.28. The Hall–Kier alpha value is -1.84. The van der Waals surface area contributed by atoms with E-state index in [1.807, 2.05) is 25.1 Å². The monoisotopic (exact) mass is 219 g/mol. The number of aryl methyl sites for hydroxylation is 2. The molecular weight excluding hydrogens is 206 g/mol. The molecule has 1 heterocycles. The summed E-state index contributed by atoms with van der Waals surface area (Å²) < 4.78 is 5.53. The van der Waals surface area contributed by atoms with Crippen LogP contribution in [0.4, 0.5) is 0 Å². The summed E-state index contributed by atoms with van der Waals surface area (Å²) >= 11 is 0. The van der Waals surface area contributed by atoms with Crippen LogP contribution < -0.4 is 0 Å². The van der Waals surface area contributed by atoms with E-state index in [1.165, 1.54) is 0 Å². The Morgan fingerprint density at radius 3 is 3.00 bits per heavy atom. The molecule has 0 aliphatic rings. The molecule has 2 rings (SSSR count). The fourth-order valence-corrected chi connectivity index (χ4v) is 1.63. The van der Waals surface area contributed by atoms with E-state index in [1.54, 1.807) is 0 Å². The summed E-state index contributed by atoms with van der Waals surface area (Å²) in [5.41, 5.74) is 2.71. The van der Waals surface area contributed by atoms with E-state index in [4.69, 9.17) is 9.52 Å². The van der Waals surface area contributed by atoms with Crippen molar-refractivity contribution in [3.05, 3.63) is 29.7 Å². The quantitative estimate of drug-likeness (QED) is 0.858. The smallest absolute Gasteiger partial charge is 0.303 e. The van der Waals surface area contributed by atoms with Crippen LogP contribution in [0.25, 0.3) is 11.1 Å². The van der Waals surface area contributed by atoms with Gasteiger partial charge in [-0.3, -0.25) is 4.79 Å². The van der Waals surface area contributed by atoms with Gasteiger partial charge in [0.25, 0.3) is 0 Å². The molecule has 0 unspecified atom stereocenters. The zero-order chi connectivity index (χ0) is 11.5. The lowest BCUT2D eigenvalue weighted by Crippen LogP contribution is -1.95. The predicted octanol–water partition coefficient (Wildman–Crippen LogP) is 2.54. The third-order valence-corrected chi connectivity index (χ3v) is 2.45. The molecule has 0 aliphatic carbocycles. The van der Waals surface area contributed by atoms with Crippen molar-refractivity contribution in [1.29, 1.82) is 0 Å². The van der Waals surface area contributed by atoms with Crippen LogP contribution in [0.2, 0.25) is 0 Å². The predicted molar refractivity (Wildman–Crippen MR) is 59.3 cm³/mol. The molecule has 0 saturated heterocycles. The van der Waals surface area contributed by atoms with Crippen LogP contribution in [0.3, 0.4) is 0 Å². The summed E-state index contributed by atoms with van der Waals surface area (Å²) in [5.74, 6) is -0.169. The fraction of sp³-hybridized carbons (Fsp3) is 0.333. The van der Waals surface area contributed by atoms with Gasteiger partial charge >= 0.3 is 5.97 Å². The molecule has 0 fully saturated rings. The number of para-hydroxylation sites is 1. The Morgan fingerprint density at radius 2 is 2.31 bits per heavy atom. The first-order valence-corrected chi connectivity index (χ1v) is 5.23. The Labute approximate surface area is 92.9 Å². The number of rotatable bonds is 4. The molecule has 0 radical (unpaired) electrons. The van der Waals surface area contributed by atoms with Gasteiger partial charge in [-0.2, -0.15) is 0 Å². The second-order valence-electron chi connectivity index (χ2n) is 3.78. The van der Waals surface area contributed by atoms with Crippen LogP contribution in [0.15, 0.2) is 22.6 Å². The van der Waals surface area contributed by atoms with Crippen molar-refractivity contribution in [2.24, 2.45) is 0 Å². The maximum absolute atomic E-state index is 10.4. The second-order valence-corrected chi connectivity index (χ2v) is 3.78. The average molecular weight is 219 g/mol. The van der Waals surface area contributed by atoms with Crippen molar-refractivity contribution in [2.75, 3.05) is 0 Å². The highest BCUT2D eigenvalue weighted by molar-refractivity contribution is 5.76. The minimum absolute atomic E-state index is 0.151. The van der Waals surface area contributed by atoms with Crippen molar-refractivity contribution in [2.45, 2.75) is 26.2 Å². The first-order chi connectivity index (χ1) is 7.66. The van der Waals surface area contributed by atoms with Crippen molar-refractivity contribution in [3.8, 4) is 0 Å². The number of benzene rings is 1. The van der Waals surface area contributed by atoms with Crippen LogP contribution in [-0.4, -0.2) is 16.1 Å². The zero-order valence-electron chi connectivity index (χ0n) is 9.06. The van der Waals surface area contributed by atoms with E-state index in [-0.39, 0.29) is 6.42 Å². The molecule has 4 heteroatoms. The lowest BCUT2D eigenvalue weighted by molar-refractivity contribution is -0.137. The molecule has 16 heavy (non-hydrogen) atoms. The molecule has 1 aromatic heterocycles. The van der Waals surface area contributed by atoms with Crippen LogP contribution in [0.5, 0.6) is 0 Å². The lowest BCUT2D eigenvalue weighted by Gasteiger charge is -1.91. The summed E-state index contributed by atoms with van der Waals surface area (Å²) in [4.78, 5) is 14.7. The number of fused-ring (bicyclic) bond motifs is 1. The molecule has 0 saturated carbocycles. The van der Waals surface area contributed by atoms with Gasteiger partial charge in [-0.25, -0.2) is 4.98 Å². The van der Waals surface area contributed by atoms with Gasteiger partial charge in [-0.05, 0) is 25.0 Å². The normalized spacial score (nSPS) is 10.8. The van der Waals surface area contributed by atoms with E-state index >= 15 is 0 Å². The molecule has 4 nitrogen and oxygen atoms in total. The van der Waals surface area contributed by atoms with Gasteiger partial charge in [0.1, 0.15) is 5.52 Å². The Balaban J connectivity index is 2.14. The number of hydrogen-bond donors (Lipinski definition) is 1. The lowest BCUT2D eigenvalue weighted by atomic mass is 10.2. The molecule has 1 N–H and O–H groups in total. The van der Waals surface area contributed by atoms with E-state index in [0.29, 0.717) is 18.7 Å². The fourth-order valence-electron chi connectivity index (χ4n) is 1.63. The van der Waals surface area contributed by atoms with E-state index < -0.39 is 5.97 Å². The van der Waals surface area contributed by atoms with Crippen molar-refractivity contribution >= 4 is 17.1 Å². The van der Waals surface area contributed by atoms with Crippen LogP contribution in [-0.2, 0) is 11.2 Å².